The number of carbonyl (C=O) groups excluding carboxylic acids is 1. The van der Waals surface area contributed by atoms with Gasteiger partial charge in [0, 0.05) is 10.6 Å². The lowest BCUT2D eigenvalue weighted by Gasteiger charge is -2.14. The van der Waals surface area contributed by atoms with E-state index in [2.05, 4.69) is 26.5 Å². The van der Waals surface area contributed by atoms with Gasteiger partial charge < -0.3 is 9.47 Å². The van der Waals surface area contributed by atoms with Crippen molar-refractivity contribution in [2.24, 2.45) is 5.10 Å². The summed E-state index contributed by atoms with van der Waals surface area (Å²) in [5.41, 5.74) is 4.72. The molecular weight excluding hydrogens is 468 g/mol. The Kier molecular flexibility index (Phi) is 7.88. The van der Waals surface area contributed by atoms with Gasteiger partial charge in [-0.1, -0.05) is 48.0 Å². The van der Waals surface area contributed by atoms with Crippen molar-refractivity contribution >= 4 is 39.7 Å². The normalized spacial score (nSPS) is 10.8. The third kappa shape index (κ3) is 6.08. The largest absolute Gasteiger partial charge is 0.490 e. The number of benzene rings is 3. The van der Waals surface area contributed by atoms with Crippen LogP contribution in [0, 0.1) is 0 Å². The van der Waals surface area contributed by atoms with Crippen molar-refractivity contribution in [3.63, 3.8) is 0 Å². The van der Waals surface area contributed by atoms with E-state index in [1.807, 2.05) is 49.4 Å². The molecule has 0 aromatic heterocycles. The third-order valence-corrected chi connectivity index (χ3v) is 4.85. The second kappa shape index (κ2) is 10.8. The van der Waals surface area contributed by atoms with E-state index < -0.39 is 0 Å². The third-order valence-electron chi connectivity index (χ3n) is 4.02. The maximum atomic E-state index is 12.2. The first-order valence-electron chi connectivity index (χ1n) is 9.29. The van der Waals surface area contributed by atoms with Gasteiger partial charge >= 0.3 is 0 Å². The van der Waals surface area contributed by atoms with Crippen LogP contribution in [0.2, 0.25) is 5.02 Å². The van der Waals surface area contributed by atoms with Gasteiger partial charge in [0.25, 0.3) is 5.91 Å². The minimum Gasteiger partial charge on any atom is -0.490 e. The fraction of sp³-hybridized carbons (Fsp3) is 0.130. The molecule has 1 N–H and O–H groups in total. The molecule has 1 amide bonds. The molecule has 0 saturated heterocycles. The molecule has 0 aliphatic heterocycles. The van der Waals surface area contributed by atoms with Gasteiger partial charge in [-0.15, -0.1) is 0 Å². The van der Waals surface area contributed by atoms with Gasteiger partial charge in [0.2, 0.25) is 0 Å². The number of nitrogens with zero attached hydrogens (tertiary/aromatic N) is 1. The molecule has 3 aromatic rings. The van der Waals surface area contributed by atoms with Crippen molar-refractivity contribution in [2.45, 2.75) is 13.5 Å². The van der Waals surface area contributed by atoms with Crippen molar-refractivity contribution < 1.29 is 14.3 Å². The van der Waals surface area contributed by atoms with Crippen LogP contribution in [-0.4, -0.2) is 18.7 Å². The summed E-state index contributed by atoms with van der Waals surface area (Å²) in [5.74, 6) is 0.854. The molecule has 0 heterocycles. The molecule has 0 radical (unpaired) electrons. The quantitative estimate of drug-likeness (QED) is 0.320. The predicted molar refractivity (Wildman–Crippen MR) is 123 cm³/mol. The number of halogens is 2. The van der Waals surface area contributed by atoms with Gasteiger partial charge in [0.15, 0.2) is 11.5 Å². The van der Waals surface area contributed by atoms with E-state index in [1.54, 1.807) is 24.3 Å². The van der Waals surface area contributed by atoms with Crippen molar-refractivity contribution in [3.8, 4) is 11.5 Å². The van der Waals surface area contributed by atoms with Gasteiger partial charge in [0.1, 0.15) is 6.61 Å². The van der Waals surface area contributed by atoms with Crippen LogP contribution in [-0.2, 0) is 6.61 Å². The molecule has 0 saturated carbocycles. The van der Waals surface area contributed by atoms with Gasteiger partial charge in [-0.05, 0) is 64.3 Å². The molecule has 154 valence electrons. The van der Waals surface area contributed by atoms with E-state index >= 15 is 0 Å². The monoisotopic (exact) mass is 486 g/mol. The van der Waals surface area contributed by atoms with Crippen molar-refractivity contribution in [3.05, 3.63) is 92.9 Å². The summed E-state index contributed by atoms with van der Waals surface area (Å²) in [6, 6.07) is 20.2. The summed E-state index contributed by atoms with van der Waals surface area (Å²) in [4.78, 5) is 12.2. The molecule has 0 spiro atoms. The number of hydrogen-bond donors (Lipinski definition) is 1. The maximum Gasteiger partial charge on any atom is 0.271 e. The molecule has 0 bridgehead atoms. The number of rotatable bonds is 8. The summed E-state index contributed by atoms with van der Waals surface area (Å²) in [7, 11) is 0. The summed E-state index contributed by atoms with van der Waals surface area (Å²) in [6.45, 7) is 2.81. The lowest BCUT2D eigenvalue weighted by atomic mass is 10.2. The zero-order chi connectivity index (χ0) is 21.3. The van der Waals surface area contributed by atoms with Gasteiger partial charge in [-0.2, -0.15) is 5.10 Å². The minimum absolute atomic E-state index is 0.347. The van der Waals surface area contributed by atoms with Crippen molar-refractivity contribution in [1.29, 1.82) is 0 Å². The van der Waals surface area contributed by atoms with Crippen LogP contribution in [0.1, 0.15) is 28.4 Å². The highest BCUT2D eigenvalue weighted by Gasteiger charge is 2.12. The molecule has 3 rings (SSSR count). The highest BCUT2D eigenvalue weighted by Crippen LogP contribution is 2.37. The standard InChI is InChI=1S/C23H20BrClN2O3/c1-2-29-21-12-17(14-26-27-23(28)18-9-6-10-19(25)13-18)11-20(24)22(21)30-15-16-7-4-3-5-8-16/h3-14H,2,15H2,1H3,(H,27,28)/b26-14-. The summed E-state index contributed by atoms with van der Waals surface area (Å²) in [5, 5.41) is 4.52. The van der Waals surface area contributed by atoms with E-state index in [0.29, 0.717) is 35.3 Å². The lowest BCUT2D eigenvalue weighted by molar-refractivity contribution is 0.0955. The molecular formula is C23H20BrClN2O3. The molecule has 0 atom stereocenters. The van der Waals surface area contributed by atoms with E-state index in [0.717, 1.165) is 15.6 Å². The Hall–Kier alpha value is -2.83. The number of hydrazone groups is 1. The Bertz CT molecular complexity index is 1040. The lowest BCUT2D eigenvalue weighted by Crippen LogP contribution is -2.17. The number of hydrogen-bond acceptors (Lipinski definition) is 4. The minimum atomic E-state index is -0.347. The first-order chi connectivity index (χ1) is 14.6. The van der Waals surface area contributed by atoms with Crippen LogP contribution in [0.15, 0.2) is 76.3 Å². The van der Waals surface area contributed by atoms with E-state index in [9.17, 15) is 4.79 Å². The van der Waals surface area contributed by atoms with Gasteiger partial charge in [-0.3, -0.25) is 4.79 Å². The average molecular weight is 488 g/mol. The molecule has 0 aliphatic carbocycles. The zero-order valence-electron chi connectivity index (χ0n) is 16.3. The Morgan fingerprint density at radius 1 is 1.10 bits per heavy atom. The Morgan fingerprint density at radius 2 is 1.90 bits per heavy atom. The van der Waals surface area contributed by atoms with Crippen LogP contribution in [0.4, 0.5) is 0 Å². The average Bonchev–Trinajstić information content (AvgIpc) is 2.74. The topological polar surface area (TPSA) is 59.9 Å². The molecule has 0 unspecified atom stereocenters. The van der Waals surface area contributed by atoms with Gasteiger partial charge in [-0.25, -0.2) is 5.43 Å². The van der Waals surface area contributed by atoms with Crippen molar-refractivity contribution in [1.82, 2.24) is 5.43 Å². The number of amides is 1. The molecule has 3 aromatic carbocycles. The number of carbonyl (C=O) groups is 1. The summed E-state index contributed by atoms with van der Waals surface area (Å²) in [6.07, 6.45) is 1.54. The Labute approximate surface area is 188 Å². The second-order valence-corrected chi connectivity index (χ2v) is 7.54. The number of ether oxygens (including phenoxy) is 2. The molecule has 0 aliphatic rings. The molecule has 7 heteroatoms. The fourth-order valence-corrected chi connectivity index (χ4v) is 3.42. The molecule has 5 nitrogen and oxygen atoms in total. The Morgan fingerprint density at radius 3 is 2.63 bits per heavy atom. The molecule has 30 heavy (non-hydrogen) atoms. The van der Waals surface area contributed by atoms with Crippen LogP contribution < -0.4 is 14.9 Å². The SMILES string of the molecule is CCOc1cc(/C=N\NC(=O)c2cccc(Cl)c2)cc(Br)c1OCc1ccccc1. The van der Waals surface area contributed by atoms with Crippen LogP contribution in [0.3, 0.4) is 0 Å². The van der Waals surface area contributed by atoms with Crippen LogP contribution >= 0.6 is 27.5 Å². The van der Waals surface area contributed by atoms with Gasteiger partial charge in [0.05, 0.1) is 17.3 Å². The Balaban J connectivity index is 1.72. The van der Waals surface area contributed by atoms with Crippen molar-refractivity contribution in [2.75, 3.05) is 6.61 Å². The van der Waals surface area contributed by atoms with E-state index in [1.165, 1.54) is 6.21 Å². The highest BCUT2D eigenvalue weighted by molar-refractivity contribution is 9.10. The van der Waals surface area contributed by atoms with Crippen LogP contribution in [0.5, 0.6) is 11.5 Å². The summed E-state index contributed by atoms with van der Waals surface area (Å²) < 4.78 is 12.4. The van der Waals surface area contributed by atoms with E-state index in [-0.39, 0.29) is 5.91 Å². The van der Waals surface area contributed by atoms with Crippen LogP contribution in [0.25, 0.3) is 0 Å². The summed E-state index contributed by atoms with van der Waals surface area (Å²) >= 11 is 9.45. The molecule has 0 fully saturated rings. The van der Waals surface area contributed by atoms with E-state index in [4.69, 9.17) is 21.1 Å². The first kappa shape index (κ1) is 21.9. The zero-order valence-corrected chi connectivity index (χ0v) is 18.6. The first-order valence-corrected chi connectivity index (χ1v) is 10.5. The number of nitrogens with one attached hydrogen (secondary N) is 1. The maximum absolute atomic E-state index is 12.2. The predicted octanol–water partition coefficient (Wildman–Crippen LogP) is 5.84. The fourth-order valence-electron chi connectivity index (χ4n) is 2.65. The second-order valence-electron chi connectivity index (χ2n) is 6.25. The smallest absolute Gasteiger partial charge is 0.271 e. The highest BCUT2D eigenvalue weighted by atomic mass is 79.9.